The van der Waals surface area contributed by atoms with Crippen LogP contribution in [0.2, 0.25) is 0 Å². The summed E-state index contributed by atoms with van der Waals surface area (Å²) in [5.41, 5.74) is 3.53. The van der Waals surface area contributed by atoms with Crippen molar-refractivity contribution in [3.05, 3.63) is 59.3 Å². The third kappa shape index (κ3) is 3.02. The predicted molar refractivity (Wildman–Crippen MR) is 77.1 cm³/mol. The maximum atomic E-state index is 5.81. The van der Waals surface area contributed by atoms with E-state index in [-0.39, 0.29) is 0 Å². The Morgan fingerprint density at radius 3 is 2.61 bits per heavy atom. The Balaban J connectivity index is 2.16. The predicted octanol–water partition coefficient (Wildman–Crippen LogP) is 3.77. The van der Waals surface area contributed by atoms with E-state index in [2.05, 4.69) is 41.1 Å². The standard InChI is InChI=1S/C15H17ClN2/c1-12-6-3-4-7-13(12)11-18(2)15-9-5-8-14(10-16)17-15/h3-9H,10-11H2,1-2H3. The van der Waals surface area contributed by atoms with Crippen molar-refractivity contribution in [1.82, 2.24) is 4.98 Å². The number of hydrogen-bond donors (Lipinski definition) is 0. The Labute approximate surface area is 113 Å². The van der Waals surface area contributed by atoms with Crippen LogP contribution in [-0.4, -0.2) is 12.0 Å². The van der Waals surface area contributed by atoms with Gasteiger partial charge in [0.05, 0.1) is 11.6 Å². The van der Waals surface area contributed by atoms with Crippen LogP contribution in [0.25, 0.3) is 0 Å². The van der Waals surface area contributed by atoms with Gasteiger partial charge < -0.3 is 4.90 Å². The van der Waals surface area contributed by atoms with Gasteiger partial charge in [-0.3, -0.25) is 0 Å². The van der Waals surface area contributed by atoms with Gasteiger partial charge in [0, 0.05) is 13.6 Å². The van der Waals surface area contributed by atoms with Crippen molar-refractivity contribution >= 4 is 17.4 Å². The van der Waals surface area contributed by atoms with Crippen molar-refractivity contribution < 1.29 is 0 Å². The van der Waals surface area contributed by atoms with Crippen molar-refractivity contribution in [3.63, 3.8) is 0 Å². The minimum absolute atomic E-state index is 0.450. The summed E-state index contributed by atoms with van der Waals surface area (Å²) in [6.07, 6.45) is 0. The quantitative estimate of drug-likeness (QED) is 0.778. The highest BCUT2D eigenvalue weighted by molar-refractivity contribution is 6.16. The van der Waals surface area contributed by atoms with E-state index in [0.717, 1.165) is 18.1 Å². The van der Waals surface area contributed by atoms with Gasteiger partial charge in [-0.25, -0.2) is 4.98 Å². The van der Waals surface area contributed by atoms with E-state index in [9.17, 15) is 0 Å². The van der Waals surface area contributed by atoms with Crippen LogP contribution in [0.15, 0.2) is 42.5 Å². The van der Waals surface area contributed by atoms with Crippen LogP contribution in [-0.2, 0) is 12.4 Å². The Bertz CT molecular complexity index is 525. The third-order valence-corrected chi connectivity index (χ3v) is 3.26. The highest BCUT2D eigenvalue weighted by atomic mass is 35.5. The lowest BCUT2D eigenvalue weighted by molar-refractivity contribution is 0.884. The molecule has 1 aromatic carbocycles. The second-order valence-electron chi connectivity index (χ2n) is 4.40. The Morgan fingerprint density at radius 2 is 1.89 bits per heavy atom. The number of aromatic nitrogens is 1. The van der Waals surface area contributed by atoms with E-state index < -0.39 is 0 Å². The van der Waals surface area contributed by atoms with Gasteiger partial charge in [-0.05, 0) is 30.2 Å². The highest BCUT2D eigenvalue weighted by Crippen LogP contribution is 2.16. The average molecular weight is 261 g/mol. The van der Waals surface area contributed by atoms with E-state index in [0.29, 0.717) is 5.88 Å². The molecule has 2 aromatic rings. The second kappa shape index (κ2) is 5.87. The fraction of sp³-hybridized carbons (Fsp3) is 0.267. The molecule has 0 N–H and O–H groups in total. The average Bonchev–Trinajstić information content (AvgIpc) is 2.41. The van der Waals surface area contributed by atoms with Crippen molar-refractivity contribution in [2.75, 3.05) is 11.9 Å². The Hall–Kier alpha value is -1.54. The minimum Gasteiger partial charge on any atom is -0.355 e. The fourth-order valence-corrected chi connectivity index (χ4v) is 2.03. The molecule has 0 bridgehead atoms. The van der Waals surface area contributed by atoms with Crippen LogP contribution < -0.4 is 4.90 Å². The smallest absolute Gasteiger partial charge is 0.128 e. The molecule has 94 valence electrons. The maximum Gasteiger partial charge on any atom is 0.128 e. The first kappa shape index (κ1) is 12.9. The summed E-state index contributed by atoms with van der Waals surface area (Å²) in [6.45, 7) is 2.98. The molecule has 0 fully saturated rings. The monoisotopic (exact) mass is 260 g/mol. The molecular formula is C15H17ClN2. The molecule has 2 nitrogen and oxygen atoms in total. The number of nitrogens with zero attached hydrogens (tertiary/aromatic N) is 2. The zero-order chi connectivity index (χ0) is 13.0. The van der Waals surface area contributed by atoms with Gasteiger partial charge >= 0.3 is 0 Å². The minimum atomic E-state index is 0.450. The summed E-state index contributed by atoms with van der Waals surface area (Å²) in [5.74, 6) is 1.41. The van der Waals surface area contributed by atoms with Crippen LogP contribution in [0.3, 0.4) is 0 Å². The zero-order valence-corrected chi connectivity index (χ0v) is 11.5. The lowest BCUT2D eigenvalue weighted by Gasteiger charge is -2.19. The topological polar surface area (TPSA) is 16.1 Å². The molecule has 0 atom stereocenters. The molecule has 0 unspecified atom stereocenters. The van der Waals surface area contributed by atoms with Crippen LogP contribution >= 0.6 is 11.6 Å². The fourth-order valence-electron chi connectivity index (χ4n) is 1.88. The second-order valence-corrected chi connectivity index (χ2v) is 4.67. The van der Waals surface area contributed by atoms with Crippen molar-refractivity contribution in [2.45, 2.75) is 19.3 Å². The van der Waals surface area contributed by atoms with E-state index >= 15 is 0 Å². The SMILES string of the molecule is Cc1ccccc1CN(C)c1cccc(CCl)n1. The molecule has 0 aliphatic heterocycles. The molecule has 0 radical (unpaired) electrons. The number of aryl methyl sites for hydroxylation is 1. The molecule has 1 aromatic heterocycles. The molecule has 18 heavy (non-hydrogen) atoms. The molecule has 0 amide bonds. The van der Waals surface area contributed by atoms with Crippen LogP contribution in [0.5, 0.6) is 0 Å². The lowest BCUT2D eigenvalue weighted by Crippen LogP contribution is -2.18. The van der Waals surface area contributed by atoms with Gasteiger partial charge in [0.1, 0.15) is 5.82 Å². The summed E-state index contributed by atoms with van der Waals surface area (Å²) in [4.78, 5) is 6.65. The number of hydrogen-bond acceptors (Lipinski definition) is 2. The van der Waals surface area contributed by atoms with E-state index in [1.807, 2.05) is 25.2 Å². The Morgan fingerprint density at radius 1 is 1.11 bits per heavy atom. The normalized spacial score (nSPS) is 10.4. The van der Waals surface area contributed by atoms with Gasteiger partial charge in [0.2, 0.25) is 0 Å². The molecule has 2 rings (SSSR count). The summed E-state index contributed by atoms with van der Waals surface area (Å²) in [7, 11) is 2.05. The molecule has 0 aliphatic rings. The molecule has 0 spiro atoms. The molecule has 0 aliphatic carbocycles. The first-order valence-corrected chi connectivity index (χ1v) is 6.51. The third-order valence-electron chi connectivity index (χ3n) is 2.99. The highest BCUT2D eigenvalue weighted by Gasteiger charge is 2.05. The van der Waals surface area contributed by atoms with E-state index in [1.54, 1.807) is 0 Å². The lowest BCUT2D eigenvalue weighted by atomic mass is 10.1. The van der Waals surface area contributed by atoms with E-state index in [4.69, 9.17) is 11.6 Å². The summed E-state index contributed by atoms with van der Waals surface area (Å²) >= 11 is 5.81. The van der Waals surface area contributed by atoms with Crippen LogP contribution in [0.1, 0.15) is 16.8 Å². The number of rotatable bonds is 4. The van der Waals surface area contributed by atoms with Gasteiger partial charge in [0.25, 0.3) is 0 Å². The van der Waals surface area contributed by atoms with Gasteiger partial charge in [-0.2, -0.15) is 0 Å². The largest absolute Gasteiger partial charge is 0.355 e. The number of benzene rings is 1. The molecular weight excluding hydrogens is 244 g/mol. The van der Waals surface area contributed by atoms with Gasteiger partial charge in [0.15, 0.2) is 0 Å². The molecule has 1 heterocycles. The first-order valence-electron chi connectivity index (χ1n) is 5.98. The summed E-state index contributed by atoms with van der Waals surface area (Å²) in [5, 5.41) is 0. The number of pyridine rings is 1. The Kier molecular flexibility index (Phi) is 4.21. The van der Waals surface area contributed by atoms with Gasteiger partial charge in [-0.1, -0.05) is 30.3 Å². The first-order chi connectivity index (χ1) is 8.70. The zero-order valence-electron chi connectivity index (χ0n) is 10.7. The van der Waals surface area contributed by atoms with Crippen molar-refractivity contribution in [1.29, 1.82) is 0 Å². The summed E-state index contributed by atoms with van der Waals surface area (Å²) in [6, 6.07) is 14.4. The van der Waals surface area contributed by atoms with Crippen LogP contribution in [0, 0.1) is 6.92 Å². The molecule has 0 saturated heterocycles. The van der Waals surface area contributed by atoms with Crippen molar-refractivity contribution in [3.8, 4) is 0 Å². The maximum absolute atomic E-state index is 5.81. The molecule has 0 saturated carbocycles. The van der Waals surface area contributed by atoms with Crippen LogP contribution in [0.4, 0.5) is 5.82 Å². The van der Waals surface area contributed by atoms with Crippen molar-refractivity contribution in [2.24, 2.45) is 0 Å². The number of halogens is 1. The summed E-state index contributed by atoms with van der Waals surface area (Å²) < 4.78 is 0. The van der Waals surface area contributed by atoms with E-state index in [1.165, 1.54) is 11.1 Å². The van der Waals surface area contributed by atoms with Gasteiger partial charge in [-0.15, -0.1) is 11.6 Å². The number of anilines is 1. The molecule has 3 heteroatoms. The number of alkyl halides is 1.